The third kappa shape index (κ3) is 15.7. The van der Waals surface area contributed by atoms with Crippen molar-refractivity contribution in [1.82, 2.24) is 60.1 Å². The summed E-state index contributed by atoms with van der Waals surface area (Å²) < 4.78 is 26.3. The molecule has 386 valence electrons. The number of amides is 2. The molecule has 0 aliphatic carbocycles. The fourth-order valence-corrected chi connectivity index (χ4v) is 7.53. The average molecular weight is 1050 g/mol. The Morgan fingerprint density at radius 1 is 0.667 bits per heavy atom. The number of hydrogen-bond acceptors (Lipinski definition) is 16. The maximum atomic E-state index is 12.1. The van der Waals surface area contributed by atoms with Crippen molar-refractivity contribution in [3.8, 4) is 11.4 Å². The molecule has 6 aromatic rings. The molecule has 4 aromatic heterocycles. The predicted octanol–water partition coefficient (Wildman–Crippen LogP) is 10.1. The normalized spacial score (nSPS) is 14.7. The first-order chi connectivity index (χ1) is 33.4. The van der Waals surface area contributed by atoms with Gasteiger partial charge in [-0.2, -0.15) is 20.2 Å². The van der Waals surface area contributed by atoms with Crippen molar-refractivity contribution in [1.29, 1.82) is 0 Å². The summed E-state index contributed by atoms with van der Waals surface area (Å²) in [5, 5.41) is 21.1. The molecule has 7 rings (SSSR count). The van der Waals surface area contributed by atoms with Gasteiger partial charge in [0.25, 0.3) is 0 Å². The van der Waals surface area contributed by atoms with E-state index in [9.17, 15) is 9.59 Å². The SMILES string of the molecule is Cc1c(-c2ncnc(Nc3cnn(C)c3)n2)ccc([C@@H](C)NC(=O)OC(C)(C)C)c1Cl.Cc1c(B2OC(C)(C)C(C)(C)O2)ccc([C@@H](C)NC(=O)OC(C)(C)C)c1Cl.Cn1cc(Nc2ncnc(Cl)n2)cn1. The van der Waals surface area contributed by atoms with Crippen molar-refractivity contribution in [3.63, 3.8) is 0 Å². The molecule has 0 bridgehead atoms. The summed E-state index contributed by atoms with van der Waals surface area (Å²) in [6.07, 6.45) is 8.78. The summed E-state index contributed by atoms with van der Waals surface area (Å²) in [5.74, 6) is 1.29. The van der Waals surface area contributed by atoms with E-state index in [1.807, 2.05) is 141 Å². The molecule has 24 heteroatoms. The molecule has 5 heterocycles. The molecule has 1 aliphatic heterocycles. The fraction of sp³-hybridized carbons (Fsp3) is 0.458. The number of carbonyl (C=O) groups is 2. The van der Waals surface area contributed by atoms with Gasteiger partial charge in [-0.05, 0) is 136 Å². The summed E-state index contributed by atoms with van der Waals surface area (Å²) in [6.45, 7) is 26.6. The Morgan fingerprint density at radius 2 is 1.11 bits per heavy atom. The molecular weight excluding hydrogens is 986 g/mol. The van der Waals surface area contributed by atoms with Crippen LogP contribution in [0.5, 0.6) is 0 Å². The zero-order chi connectivity index (χ0) is 53.5. The first-order valence-corrected chi connectivity index (χ1v) is 24.0. The lowest BCUT2D eigenvalue weighted by atomic mass is 9.75. The van der Waals surface area contributed by atoms with E-state index < -0.39 is 41.7 Å². The molecule has 0 saturated carbocycles. The highest BCUT2D eigenvalue weighted by molar-refractivity contribution is 6.63. The van der Waals surface area contributed by atoms with Gasteiger partial charge in [0, 0.05) is 42.1 Å². The number of aryl methyl sites for hydroxylation is 2. The van der Waals surface area contributed by atoms with Crippen molar-refractivity contribution in [3.05, 3.63) is 99.3 Å². The van der Waals surface area contributed by atoms with Crippen LogP contribution in [0.3, 0.4) is 0 Å². The van der Waals surface area contributed by atoms with Crippen LogP contribution in [0.25, 0.3) is 11.4 Å². The van der Waals surface area contributed by atoms with Crippen molar-refractivity contribution in [2.45, 2.75) is 131 Å². The molecule has 2 atom stereocenters. The van der Waals surface area contributed by atoms with Crippen molar-refractivity contribution >= 4 is 82.8 Å². The van der Waals surface area contributed by atoms with Crippen molar-refractivity contribution < 1.29 is 28.4 Å². The monoisotopic (exact) mass is 1050 g/mol. The van der Waals surface area contributed by atoms with E-state index in [1.165, 1.54) is 12.7 Å². The maximum absolute atomic E-state index is 12.1. The average Bonchev–Trinajstić information content (AvgIpc) is 3.92. The molecule has 72 heavy (non-hydrogen) atoms. The molecule has 2 amide bonds. The number of nitrogens with one attached hydrogen (secondary N) is 4. The van der Waals surface area contributed by atoms with Gasteiger partial charge in [-0.3, -0.25) is 9.36 Å². The summed E-state index contributed by atoms with van der Waals surface area (Å²) in [6, 6.07) is 6.95. The molecular formula is C48H64BCl3N14O6. The van der Waals surface area contributed by atoms with Gasteiger partial charge in [0.1, 0.15) is 23.9 Å². The Hall–Kier alpha value is -6.13. The third-order valence-electron chi connectivity index (χ3n) is 11.1. The van der Waals surface area contributed by atoms with Gasteiger partial charge < -0.3 is 40.0 Å². The minimum atomic E-state index is -0.576. The van der Waals surface area contributed by atoms with Crippen LogP contribution < -0.4 is 26.7 Å². The molecule has 4 N–H and O–H groups in total. The van der Waals surface area contributed by atoms with Gasteiger partial charge in [-0.1, -0.05) is 47.5 Å². The van der Waals surface area contributed by atoms with Gasteiger partial charge in [0.05, 0.1) is 47.1 Å². The van der Waals surface area contributed by atoms with Crippen molar-refractivity contribution in [2.75, 3.05) is 10.6 Å². The highest BCUT2D eigenvalue weighted by Gasteiger charge is 2.52. The second-order valence-corrected chi connectivity index (χ2v) is 21.0. The van der Waals surface area contributed by atoms with Crippen molar-refractivity contribution in [2.24, 2.45) is 14.1 Å². The summed E-state index contributed by atoms with van der Waals surface area (Å²) >= 11 is 18.9. The third-order valence-corrected chi connectivity index (χ3v) is 12.2. The van der Waals surface area contributed by atoms with E-state index in [0.29, 0.717) is 27.8 Å². The molecule has 1 aliphatic rings. The van der Waals surface area contributed by atoms with Crippen LogP contribution in [0, 0.1) is 13.8 Å². The van der Waals surface area contributed by atoms with Gasteiger partial charge >= 0.3 is 19.3 Å². The van der Waals surface area contributed by atoms with Crippen LogP contribution in [0.4, 0.5) is 32.9 Å². The van der Waals surface area contributed by atoms with Crippen LogP contribution in [0.1, 0.15) is 117 Å². The Kier molecular flexibility index (Phi) is 18.3. The molecule has 0 spiro atoms. The number of ether oxygens (including phenoxy) is 2. The number of aromatic nitrogens is 10. The van der Waals surface area contributed by atoms with Gasteiger partial charge in [-0.25, -0.2) is 29.5 Å². The highest BCUT2D eigenvalue weighted by atomic mass is 35.5. The Labute approximate surface area is 436 Å². The first kappa shape index (κ1) is 56.8. The quantitative estimate of drug-likeness (QED) is 0.0935. The Balaban J connectivity index is 0.000000214. The molecule has 1 saturated heterocycles. The number of halogens is 3. The number of nitrogens with zero attached hydrogens (tertiary/aromatic N) is 10. The van der Waals surface area contributed by atoms with E-state index >= 15 is 0 Å². The molecule has 0 radical (unpaired) electrons. The molecule has 1 fully saturated rings. The number of carbonyl (C=O) groups excluding carboxylic acids is 2. The lowest BCUT2D eigenvalue weighted by molar-refractivity contribution is 0.00578. The molecule has 0 unspecified atom stereocenters. The maximum Gasteiger partial charge on any atom is 0.495 e. The summed E-state index contributed by atoms with van der Waals surface area (Å²) in [5.41, 5.74) is 4.56. The van der Waals surface area contributed by atoms with Crippen LogP contribution in [-0.4, -0.2) is 91.2 Å². The topological polar surface area (TPSA) is 232 Å². The summed E-state index contributed by atoms with van der Waals surface area (Å²) in [4.78, 5) is 48.5. The van der Waals surface area contributed by atoms with E-state index in [0.717, 1.165) is 44.7 Å². The van der Waals surface area contributed by atoms with Gasteiger partial charge in [0.15, 0.2) is 5.82 Å². The van der Waals surface area contributed by atoms with Crippen LogP contribution in [-0.2, 0) is 32.9 Å². The van der Waals surface area contributed by atoms with Crippen LogP contribution in [0.2, 0.25) is 15.3 Å². The minimum Gasteiger partial charge on any atom is -0.444 e. The lowest BCUT2D eigenvalue weighted by Gasteiger charge is -2.32. The molecule has 20 nitrogen and oxygen atoms in total. The zero-order valence-corrected chi connectivity index (χ0v) is 45.8. The largest absolute Gasteiger partial charge is 0.495 e. The molecule has 2 aromatic carbocycles. The van der Waals surface area contributed by atoms with E-state index in [4.69, 9.17) is 53.6 Å². The van der Waals surface area contributed by atoms with E-state index in [1.54, 1.807) is 28.0 Å². The smallest absolute Gasteiger partial charge is 0.444 e. The number of alkyl carbamates (subject to hydrolysis) is 2. The Morgan fingerprint density at radius 3 is 1.56 bits per heavy atom. The van der Waals surface area contributed by atoms with Gasteiger partial charge in [-0.15, -0.1) is 0 Å². The lowest BCUT2D eigenvalue weighted by Crippen LogP contribution is -2.41. The fourth-order valence-electron chi connectivity index (χ4n) is 6.74. The standard InChI is InChI=1S/C21H26ClN7O2.C20H31BClNO4.C7H7ClN6/c1-12-15(18-23-11-24-19(28-18)27-14-9-25-29(6)10-14)7-8-16(17(12)22)13(2)26-20(30)31-21(3,4)5;1-12-15(21-26-19(6,7)20(8,9)27-21)11-10-14(16(12)22)13(2)23-17(24)25-18(3,4)5;1-14-3-5(2-11-14)12-7-10-4-9-6(8)13-7/h7-11,13H,1-6H3,(H,26,30)(H,23,24,27,28);10-11,13H,1-9H3,(H,23,24);2-4H,1H3,(H,9,10,12,13)/t2*13-;/m11./s1. The van der Waals surface area contributed by atoms with Gasteiger partial charge in [0.2, 0.25) is 17.2 Å². The number of hydrogen-bond donors (Lipinski definition) is 4. The second kappa shape index (κ2) is 23.2. The predicted molar refractivity (Wildman–Crippen MR) is 280 cm³/mol. The second-order valence-electron chi connectivity index (χ2n) is 19.9. The number of anilines is 4. The summed E-state index contributed by atoms with van der Waals surface area (Å²) in [7, 11) is 3.18. The first-order valence-electron chi connectivity index (χ1n) is 22.9. The Bertz CT molecular complexity index is 2830. The van der Waals surface area contributed by atoms with Crippen LogP contribution >= 0.6 is 34.8 Å². The minimum absolute atomic E-state index is 0.159. The zero-order valence-electron chi connectivity index (χ0n) is 43.6. The number of benzene rings is 2. The van der Waals surface area contributed by atoms with E-state index in [-0.39, 0.29) is 17.4 Å². The highest BCUT2D eigenvalue weighted by Crippen LogP contribution is 2.38. The number of rotatable bonds is 10. The van der Waals surface area contributed by atoms with Crippen LogP contribution in [0.15, 0.2) is 61.7 Å². The van der Waals surface area contributed by atoms with E-state index in [2.05, 4.69) is 61.4 Å².